The van der Waals surface area contributed by atoms with Gasteiger partial charge in [-0.15, -0.1) is 0 Å². The fourth-order valence-electron chi connectivity index (χ4n) is 0.974. The van der Waals surface area contributed by atoms with Crippen LogP contribution in [0.4, 0.5) is 13.2 Å². The third kappa shape index (κ3) is 4.18. The predicted octanol–water partition coefficient (Wildman–Crippen LogP) is 1.64. The van der Waals surface area contributed by atoms with E-state index in [1.807, 2.05) is 0 Å². The van der Waals surface area contributed by atoms with Gasteiger partial charge in [-0.05, 0) is 5.75 Å². The number of hydrogen-bond donors (Lipinski definition) is 1. The fraction of sp³-hybridized carbons (Fsp3) is 0.333. The van der Waals surface area contributed by atoms with Crippen LogP contribution in [0.2, 0.25) is 0 Å². The van der Waals surface area contributed by atoms with Crippen LogP contribution in [0.3, 0.4) is 0 Å². The van der Waals surface area contributed by atoms with E-state index in [-0.39, 0.29) is 0 Å². The molecule has 0 aliphatic rings. The maximum absolute atomic E-state index is 12.2. The van der Waals surface area contributed by atoms with Crippen molar-refractivity contribution in [1.82, 2.24) is 0 Å². The quantitative estimate of drug-likeness (QED) is 0.630. The van der Waals surface area contributed by atoms with Crippen molar-refractivity contribution in [3.8, 4) is 0 Å². The lowest BCUT2D eigenvalue weighted by Gasteiger charge is -2.06. The minimum Gasteiger partial charge on any atom is -0.330 e. The SMILES string of the molecule is NCCS[B]c1ccc(C(F)(F)F)cc1. The molecule has 6 heteroatoms. The molecule has 0 aliphatic carbocycles. The Hall–Kier alpha value is -0.615. The van der Waals surface area contributed by atoms with Gasteiger partial charge in [0.1, 0.15) is 0 Å². The fourth-order valence-corrected chi connectivity index (χ4v) is 1.58. The van der Waals surface area contributed by atoms with E-state index < -0.39 is 11.7 Å². The first kappa shape index (κ1) is 12.5. The van der Waals surface area contributed by atoms with E-state index in [0.29, 0.717) is 6.54 Å². The minimum atomic E-state index is -4.26. The van der Waals surface area contributed by atoms with Crippen LogP contribution in [0, 0.1) is 0 Å². The summed E-state index contributed by atoms with van der Waals surface area (Å²) in [4.78, 5) is 0. The van der Waals surface area contributed by atoms with Crippen LogP contribution in [-0.2, 0) is 6.18 Å². The van der Waals surface area contributed by atoms with Crippen LogP contribution < -0.4 is 11.2 Å². The third-order valence-corrected chi connectivity index (χ3v) is 2.60. The van der Waals surface area contributed by atoms with Crippen LogP contribution >= 0.6 is 11.6 Å². The molecular weight excluding hydrogens is 222 g/mol. The van der Waals surface area contributed by atoms with Gasteiger partial charge in [0.05, 0.1) is 5.56 Å². The van der Waals surface area contributed by atoms with Gasteiger partial charge >= 0.3 is 6.18 Å². The summed E-state index contributed by atoms with van der Waals surface area (Å²) < 4.78 is 36.6. The molecule has 0 heterocycles. The monoisotopic (exact) mass is 232 g/mol. The molecule has 1 nitrogen and oxygen atoms in total. The Bertz CT molecular complexity index is 299. The molecule has 0 spiro atoms. The van der Waals surface area contributed by atoms with Gasteiger partial charge < -0.3 is 5.73 Å². The Kier molecular flexibility index (Phi) is 4.54. The highest BCUT2D eigenvalue weighted by molar-refractivity contribution is 8.23. The third-order valence-electron chi connectivity index (χ3n) is 1.69. The first-order valence-electron chi connectivity index (χ1n) is 4.36. The second-order valence-corrected chi connectivity index (χ2v) is 3.87. The van der Waals surface area contributed by atoms with Crippen molar-refractivity contribution in [1.29, 1.82) is 0 Å². The second kappa shape index (κ2) is 5.46. The first-order valence-corrected chi connectivity index (χ1v) is 5.41. The van der Waals surface area contributed by atoms with Gasteiger partial charge in [-0.2, -0.15) is 13.2 Å². The number of rotatable bonds is 4. The van der Waals surface area contributed by atoms with Crippen molar-refractivity contribution < 1.29 is 13.2 Å². The Balaban J connectivity index is 2.57. The van der Waals surface area contributed by atoms with Crippen molar-refractivity contribution in [2.45, 2.75) is 6.18 Å². The molecule has 0 fully saturated rings. The van der Waals surface area contributed by atoms with Crippen LogP contribution in [0.5, 0.6) is 0 Å². The molecule has 1 rings (SSSR count). The molecular formula is C9H10BF3NS. The highest BCUT2D eigenvalue weighted by Crippen LogP contribution is 2.28. The highest BCUT2D eigenvalue weighted by atomic mass is 32.2. The topological polar surface area (TPSA) is 26.0 Å². The van der Waals surface area contributed by atoms with Crippen molar-refractivity contribution in [3.63, 3.8) is 0 Å². The lowest BCUT2D eigenvalue weighted by atomic mass is 9.93. The van der Waals surface area contributed by atoms with Gasteiger partial charge in [0.25, 0.3) is 0 Å². The molecule has 1 aromatic carbocycles. The zero-order valence-corrected chi connectivity index (χ0v) is 8.74. The van der Waals surface area contributed by atoms with Crippen molar-refractivity contribution >= 4 is 23.6 Å². The van der Waals surface area contributed by atoms with E-state index in [0.717, 1.165) is 23.3 Å². The summed E-state index contributed by atoms with van der Waals surface area (Å²) in [5, 5.41) is 0. The standard InChI is InChI=1S/C9H10BF3NS/c11-9(12,13)7-1-3-8(4-2-7)10-15-6-5-14/h1-4H,5-6,14H2. The number of alkyl halides is 3. The van der Waals surface area contributed by atoms with Crippen LogP contribution in [0.1, 0.15) is 5.56 Å². The molecule has 0 saturated carbocycles. The van der Waals surface area contributed by atoms with Crippen LogP contribution in [0.15, 0.2) is 24.3 Å². The van der Waals surface area contributed by atoms with Crippen molar-refractivity contribution in [2.24, 2.45) is 5.73 Å². The van der Waals surface area contributed by atoms with Gasteiger partial charge in [-0.1, -0.05) is 29.7 Å². The van der Waals surface area contributed by atoms with E-state index in [1.54, 1.807) is 6.56 Å². The molecule has 2 N–H and O–H groups in total. The Morgan fingerprint density at radius 3 is 2.27 bits per heavy atom. The lowest BCUT2D eigenvalue weighted by molar-refractivity contribution is -0.137. The summed E-state index contributed by atoms with van der Waals surface area (Å²) in [6.45, 7) is 2.36. The Labute approximate surface area is 91.4 Å². The molecule has 15 heavy (non-hydrogen) atoms. The van der Waals surface area contributed by atoms with E-state index in [4.69, 9.17) is 5.73 Å². The summed E-state index contributed by atoms with van der Waals surface area (Å²) in [7, 11) is 0. The predicted molar refractivity (Wildman–Crippen MR) is 58.3 cm³/mol. The van der Waals surface area contributed by atoms with E-state index in [9.17, 15) is 13.2 Å². The molecule has 1 radical (unpaired) electrons. The Morgan fingerprint density at radius 1 is 1.20 bits per heavy atom. The zero-order valence-electron chi connectivity index (χ0n) is 7.92. The minimum absolute atomic E-state index is 0.557. The largest absolute Gasteiger partial charge is 0.416 e. The van der Waals surface area contributed by atoms with Gasteiger partial charge in [0.2, 0.25) is 6.56 Å². The van der Waals surface area contributed by atoms with Gasteiger partial charge in [-0.25, -0.2) is 11.6 Å². The molecule has 0 aliphatic heterocycles. The average molecular weight is 232 g/mol. The summed E-state index contributed by atoms with van der Waals surface area (Å²) in [5.41, 5.74) is 5.43. The number of halogens is 3. The van der Waals surface area contributed by atoms with Gasteiger partial charge in [-0.3, -0.25) is 0 Å². The molecule has 0 bridgehead atoms. The van der Waals surface area contributed by atoms with Crippen LogP contribution in [0.25, 0.3) is 0 Å². The molecule has 1 aromatic rings. The summed E-state index contributed by atoms with van der Waals surface area (Å²) in [6, 6.07) is 5.06. The molecule has 81 valence electrons. The number of nitrogens with two attached hydrogens (primary N) is 1. The van der Waals surface area contributed by atoms with Gasteiger partial charge in [0.15, 0.2) is 0 Å². The van der Waals surface area contributed by atoms with E-state index >= 15 is 0 Å². The smallest absolute Gasteiger partial charge is 0.330 e. The molecule has 0 aromatic heterocycles. The number of benzene rings is 1. The molecule has 0 atom stereocenters. The summed E-state index contributed by atoms with van der Waals surface area (Å²) >= 11 is 1.49. The molecule has 0 saturated heterocycles. The normalized spacial score (nSPS) is 11.5. The van der Waals surface area contributed by atoms with E-state index in [2.05, 4.69) is 0 Å². The summed E-state index contributed by atoms with van der Waals surface area (Å²) in [5.74, 6) is 0.765. The second-order valence-electron chi connectivity index (χ2n) is 2.90. The lowest BCUT2D eigenvalue weighted by Crippen LogP contribution is -2.15. The summed E-state index contributed by atoms with van der Waals surface area (Å²) in [6.07, 6.45) is -4.26. The van der Waals surface area contributed by atoms with Crippen molar-refractivity contribution in [2.75, 3.05) is 12.3 Å². The average Bonchev–Trinajstić information content (AvgIpc) is 2.18. The first-order chi connectivity index (χ1) is 7.04. The van der Waals surface area contributed by atoms with Crippen molar-refractivity contribution in [3.05, 3.63) is 29.8 Å². The van der Waals surface area contributed by atoms with E-state index in [1.165, 1.54) is 23.7 Å². The van der Waals surface area contributed by atoms with Gasteiger partial charge in [0, 0.05) is 6.54 Å². The number of hydrogen-bond acceptors (Lipinski definition) is 2. The highest BCUT2D eigenvalue weighted by Gasteiger charge is 2.29. The Morgan fingerprint density at radius 2 is 1.80 bits per heavy atom. The maximum Gasteiger partial charge on any atom is 0.416 e. The maximum atomic E-state index is 12.2. The molecule has 0 unspecified atom stereocenters. The molecule has 0 amide bonds. The zero-order chi connectivity index (χ0) is 11.3. The van der Waals surface area contributed by atoms with Crippen LogP contribution in [-0.4, -0.2) is 18.9 Å².